The molecule has 2 aromatic carbocycles. The average molecular weight is 284 g/mol. The molecule has 2 nitrogen and oxygen atoms in total. The number of rotatable bonds is 5. The van der Waals surface area contributed by atoms with Crippen molar-refractivity contribution < 1.29 is 4.39 Å². The Morgan fingerprint density at radius 2 is 1.67 bits per heavy atom. The molecular weight excluding hydrogens is 263 g/mol. The lowest BCUT2D eigenvalue weighted by Gasteiger charge is -2.19. The molecule has 0 unspecified atom stereocenters. The van der Waals surface area contributed by atoms with Gasteiger partial charge in [0.1, 0.15) is 5.82 Å². The molecule has 0 aliphatic heterocycles. The van der Waals surface area contributed by atoms with Crippen LogP contribution in [0.2, 0.25) is 0 Å². The van der Waals surface area contributed by atoms with Gasteiger partial charge in [0, 0.05) is 29.4 Å². The Hall–Kier alpha value is -1.87. The number of likely N-dealkylation sites (N-methyl/N-ethyl adjacent to an activating group) is 1. The molecule has 0 amide bonds. The molecular formula is C18H21FN2. The van der Waals surface area contributed by atoms with Crippen molar-refractivity contribution in [3.8, 4) is 0 Å². The monoisotopic (exact) mass is 284 g/mol. The molecule has 0 saturated heterocycles. The number of halogens is 1. The summed E-state index contributed by atoms with van der Waals surface area (Å²) in [6, 6.07) is 13.4. The summed E-state index contributed by atoms with van der Waals surface area (Å²) in [5.41, 5.74) is 2.17. The summed E-state index contributed by atoms with van der Waals surface area (Å²) < 4.78 is 15.9. The predicted octanol–water partition coefficient (Wildman–Crippen LogP) is 4.28. The molecule has 0 saturated carbocycles. The highest BCUT2D eigenvalue weighted by Gasteiger charge is 2.11. The molecule has 1 aromatic heterocycles. The van der Waals surface area contributed by atoms with Gasteiger partial charge in [-0.25, -0.2) is 4.39 Å². The Morgan fingerprint density at radius 1 is 0.952 bits per heavy atom. The van der Waals surface area contributed by atoms with Crippen LogP contribution in [0.5, 0.6) is 0 Å². The van der Waals surface area contributed by atoms with Crippen molar-refractivity contribution in [1.82, 2.24) is 9.47 Å². The van der Waals surface area contributed by atoms with Crippen molar-refractivity contribution >= 4 is 21.8 Å². The lowest BCUT2D eigenvalue weighted by molar-refractivity contribution is 0.293. The first-order valence-electron chi connectivity index (χ1n) is 7.63. The second kappa shape index (κ2) is 5.86. The quantitative estimate of drug-likeness (QED) is 0.679. The number of benzene rings is 2. The highest BCUT2D eigenvalue weighted by atomic mass is 19.1. The molecule has 1 heterocycles. The zero-order valence-corrected chi connectivity index (χ0v) is 12.6. The van der Waals surface area contributed by atoms with Crippen LogP contribution in [0.25, 0.3) is 21.8 Å². The fourth-order valence-corrected chi connectivity index (χ4v) is 3.04. The molecule has 0 spiro atoms. The van der Waals surface area contributed by atoms with Crippen molar-refractivity contribution in [2.75, 3.05) is 19.6 Å². The molecule has 0 radical (unpaired) electrons. The minimum atomic E-state index is -0.172. The number of fused-ring (bicyclic) bond motifs is 3. The predicted molar refractivity (Wildman–Crippen MR) is 87.2 cm³/mol. The Labute approximate surface area is 124 Å². The van der Waals surface area contributed by atoms with Crippen molar-refractivity contribution in [2.24, 2.45) is 0 Å². The maximum atomic E-state index is 13.7. The van der Waals surface area contributed by atoms with E-state index in [1.165, 1.54) is 10.9 Å². The van der Waals surface area contributed by atoms with E-state index in [9.17, 15) is 4.39 Å². The topological polar surface area (TPSA) is 8.17 Å². The first kappa shape index (κ1) is 14.1. The molecule has 3 heteroatoms. The van der Waals surface area contributed by atoms with Gasteiger partial charge in [-0.2, -0.15) is 0 Å². The number of para-hydroxylation sites is 1. The number of nitrogens with zero attached hydrogens (tertiary/aromatic N) is 2. The van der Waals surface area contributed by atoms with Gasteiger partial charge in [0.2, 0.25) is 0 Å². The van der Waals surface area contributed by atoms with Gasteiger partial charge < -0.3 is 9.47 Å². The molecule has 0 fully saturated rings. The minimum Gasteiger partial charge on any atom is -0.339 e. The van der Waals surface area contributed by atoms with Gasteiger partial charge >= 0.3 is 0 Å². The minimum absolute atomic E-state index is 0.172. The van der Waals surface area contributed by atoms with E-state index in [-0.39, 0.29) is 5.82 Å². The summed E-state index contributed by atoms with van der Waals surface area (Å²) in [6.45, 7) is 8.31. The standard InChI is InChI=1S/C18H21FN2/c1-3-20(4-2)11-12-21-17-8-6-5-7-15(17)16-10-9-14(19)13-18(16)21/h5-10,13H,3-4,11-12H2,1-2H3. The largest absolute Gasteiger partial charge is 0.339 e. The third-order valence-electron chi connectivity index (χ3n) is 4.27. The van der Waals surface area contributed by atoms with E-state index in [2.05, 4.69) is 35.4 Å². The molecule has 21 heavy (non-hydrogen) atoms. The summed E-state index contributed by atoms with van der Waals surface area (Å²) in [7, 11) is 0. The SMILES string of the molecule is CCN(CC)CCn1c2ccccc2c2ccc(F)cc21. The van der Waals surface area contributed by atoms with Crippen molar-refractivity contribution in [2.45, 2.75) is 20.4 Å². The Kier molecular flexibility index (Phi) is 3.93. The number of aromatic nitrogens is 1. The van der Waals surface area contributed by atoms with E-state index < -0.39 is 0 Å². The third kappa shape index (κ3) is 2.54. The summed E-state index contributed by atoms with van der Waals surface area (Å²) >= 11 is 0. The second-order valence-corrected chi connectivity index (χ2v) is 5.36. The van der Waals surface area contributed by atoms with Crippen LogP contribution >= 0.6 is 0 Å². The molecule has 3 rings (SSSR count). The van der Waals surface area contributed by atoms with Crippen LogP contribution < -0.4 is 0 Å². The van der Waals surface area contributed by atoms with Crippen LogP contribution in [0.15, 0.2) is 42.5 Å². The normalized spacial score (nSPS) is 11.8. The Morgan fingerprint density at radius 3 is 2.43 bits per heavy atom. The van der Waals surface area contributed by atoms with Gasteiger partial charge in [-0.3, -0.25) is 0 Å². The number of hydrogen-bond acceptors (Lipinski definition) is 1. The molecule has 0 aliphatic carbocycles. The smallest absolute Gasteiger partial charge is 0.125 e. The van der Waals surface area contributed by atoms with E-state index in [1.54, 1.807) is 12.1 Å². The molecule has 110 valence electrons. The first-order chi connectivity index (χ1) is 10.2. The first-order valence-corrected chi connectivity index (χ1v) is 7.63. The highest BCUT2D eigenvalue weighted by Crippen LogP contribution is 2.29. The zero-order chi connectivity index (χ0) is 14.8. The molecule has 0 atom stereocenters. The van der Waals surface area contributed by atoms with E-state index in [0.29, 0.717) is 0 Å². The zero-order valence-electron chi connectivity index (χ0n) is 12.6. The van der Waals surface area contributed by atoms with Crippen LogP contribution in [0.3, 0.4) is 0 Å². The van der Waals surface area contributed by atoms with Crippen LogP contribution in [0.1, 0.15) is 13.8 Å². The van der Waals surface area contributed by atoms with Gasteiger partial charge in [0.25, 0.3) is 0 Å². The van der Waals surface area contributed by atoms with Crippen LogP contribution in [-0.2, 0) is 6.54 Å². The molecule has 0 aliphatic rings. The van der Waals surface area contributed by atoms with Gasteiger partial charge in [-0.15, -0.1) is 0 Å². The van der Waals surface area contributed by atoms with E-state index >= 15 is 0 Å². The van der Waals surface area contributed by atoms with Crippen molar-refractivity contribution in [1.29, 1.82) is 0 Å². The average Bonchev–Trinajstić information content (AvgIpc) is 2.82. The second-order valence-electron chi connectivity index (χ2n) is 5.36. The third-order valence-corrected chi connectivity index (χ3v) is 4.27. The Balaban J connectivity index is 2.11. The summed E-state index contributed by atoms with van der Waals surface area (Å²) in [5.74, 6) is -0.172. The van der Waals surface area contributed by atoms with Gasteiger partial charge in [-0.1, -0.05) is 32.0 Å². The van der Waals surface area contributed by atoms with E-state index in [1.807, 2.05) is 18.2 Å². The van der Waals surface area contributed by atoms with E-state index in [0.717, 1.165) is 37.1 Å². The summed E-state index contributed by atoms with van der Waals surface area (Å²) in [5, 5.41) is 2.33. The van der Waals surface area contributed by atoms with Crippen molar-refractivity contribution in [3.05, 3.63) is 48.3 Å². The Bertz CT molecular complexity index is 756. The number of hydrogen-bond donors (Lipinski definition) is 0. The molecule has 0 bridgehead atoms. The summed E-state index contributed by atoms with van der Waals surface area (Å²) in [4.78, 5) is 2.39. The lowest BCUT2D eigenvalue weighted by atomic mass is 10.1. The van der Waals surface area contributed by atoms with Crippen LogP contribution in [-0.4, -0.2) is 29.1 Å². The molecule has 0 N–H and O–H groups in total. The van der Waals surface area contributed by atoms with Crippen LogP contribution in [0, 0.1) is 5.82 Å². The maximum Gasteiger partial charge on any atom is 0.125 e. The highest BCUT2D eigenvalue weighted by molar-refractivity contribution is 6.07. The lowest BCUT2D eigenvalue weighted by Crippen LogP contribution is -2.26. The van der Waals surface area contributed by atoms with Gasteiger partial charge in [-0.05, 0) is 37.4 Å². The molecule has 3 aromatic rings. The van der Waals surface area contributed by atoms with E-state index in [4.69, 9.17) is 0 Å². The maximum absolute atomic E-state index is 13.7. The van der Waals surface area contributed by atoms with Gasteiger partial charge in [0.05, 0.1) is 5.52 Å². The van der Waals surface area contributed by atoms with Gasteiger partial charge in [0.15, 0.2) is 0 Å². The van der Waals surface area contributed by atoms with Crippen molar-refractivity contribution in [3.63, 3.8) is 0 Å². The fourth-order valence-electron chi connectivity index (χ4n) is 3.04. The summed E-state index contributed by atoms with van der Waals surface area (Å²) in [6.07, 6.45) is 0. The fraction of sp³-hybridized carbons (Fsp3) is 0.333. The van der Waals surface area contributed by atoms with Crippen LogP contribution in [0.4, 0.5) is 4.39 Å².